The summed E-state index contributed by atoms with van der Waals surface area (Å²) in [5.41, 5.74) is 3.07. The van der Waals surface area contributed by atoms with E-state index in [2.05, 4.69) is 15.9 Å². The van der Waals surface area contributed by atoms with Gasteiger partial charge >= 0.3 is 0 Å². The number of rotatable bonds is 4. The second-order valence-electron chi connectivity index (χ2n) is 6.52. The van der Waals surface area contributed by atoms with E-state index in [0.29, 0.717) is 23.7 Å². The first-order valence-corrected chi connectivity index (χ1v) is 9.50. The number of carbonyl (C=O) groups excluding carboxylic acids is 1. The normalized spacial score (nSPS) is 14.1. The van der Waals surface area contributed by atoms with Gasteiger partial charge in [-0.15, -0.1) is 0 Å². The first kappa shape index (κ1) is 18.4. The molecule has 3 nitrogen and oxygen atoms in total. The molecule has 3 aromatic carbocycles. The summed E-state index contributed by atoms with van der Waals surface area (Å²) in [4.78, 5) is 12.7. The Kier molecular flexibility index (Phi) is 5.01. The Balaban J connectivity index is 1.55. The molecule has 0 spiro atoms. The van der Waals surface area contributed by atoms with E-state index in [1.54, 1.807) is 24.3 Å². The Hall–Kier alpha value is -2.92. The van der Waals surface area contributed by atoms with Gasteiger partial charge in [-0.05, 0) is 60.0 Å². The maximum atomic E-state index is 13.0. The summed E-state index contributed by atoms with van der Waals surface area (Å²) < 4.78 is 25.6. The van der Waals surface area contributed by atoms with Crippen molar-refractivity contribution in [2.45, 2.75) is 13.5 Å². The van der Waals surface area contributed by atoms with Crippen molar-refractivity contribution in [2.75, 3.05) is 0 Å². The van der Waals surface area contributed by atoms with E-state index in [1.807, 2.05) is 37.3 Å². The van der Waals surface area contributed by atoms with E-state index in [-0.39, 0.29) is 17.4 Å². The predicted octanol–water partition coefficient (Wildman–Crippen LogP) is 6.09. The summed E-state index contributed by atoms with van der Waals surface area (Å²) in [6, 6.07) is 17.3. The summed E-state index contributed by atoms with van der Waals surface area (Å²) >= 11 is 3.39. The van der Waals surface area contributed by atoms with Gasteiger partial charge in [0, 0.05) is 10.5 Å². The molecule has 0 radical (unpaired) electrons. The topological polar surface area (TPSA) is 35.5 Å². The number of Topliss-reactive ketones (excluding diaryl/α,β-unsaturated/α-hetero) is 1. The average Bonchev–Trinajstić information content (AvgIpc) is 2.99. The van der Waals surface area contributed by atoms with Crippen molar-refractivity contribution in [1.82, 2.24) is 0 Å². The van der Waals surface area contributed by atoms with Gasteiger partial charge in [0.15, 0.2) is 5.76 Å². The molecule has 28 heavy (non-hydrogen) atoms. The number of benzene rings is 3. The number of fused-ring (bicyclic) bond motifs is 1. The molecule has 0 atom stereocenters. The Morgan fingerprint density at radius 1 is 1.07 bits per heavy atom. The average molecular weight is 439 g/mol. The van der Waals surface area contributed by atoms with Gasteiger partial charge < -0.3 is 9.47 Å². The minimum Gasteiger partial charge on any atom is -0.489 e. The Labute approximate surface area is 170 Å². The molecular formula is C23H16BrFO3. The van der Waals surface area contributed by atoms with Crippen LogP contribution >= 0.6 is 15.9 Å². The van der Waals surface area contributed by atoms with Crippen LogP contribution in [0, 0.1) is 12.7 Å². The van der Waals surface area contributed by atoms with Crippen molar-refractivity contribution in [3.63, 3.8) is 0 Å². The van der Waals surface area contributed by atoms with E-state index in [9.17, 15) is 9.18 Å². The minimum atomic E-state index is -0.283. The first-order chi connectivity index (χ1) is 13.5. The van der Waals surface area contributed by atoms with Crippen molar-refractivity contribution >= 4 is 27.8 Å². The monoisotopic (exact) mass is 438 g/mol. The minimum absolute atomic E-state index is 0.138. The lowest BCUT2D eigenvalue weighted by Gasteiger charge is -2.09. The van der Waals surface area contributed by atoms with Crippen LogP contribution in [-0.2, 0) is 6.61 Å². The van der Waals surface area contributed by atoms with E-state index >= 15 is 0 Å². The van der Waals surface area contributed by atoms with Gasteiger partial charge in [0.2, 0.25) is 5.78 Å². The molecular weight excluding hydrogens is 423 g/mol. The number of ether oxygens (including phenoxy) is 2. The highest BCUT2D eigenvalue weighted by Gasteiger charge is 2.30. The summed E-state index contributed by atoms with van der Waals surface area (Å²) in [5.74, 6) is 0.950. The van der Waals surface area contributed by atoms with Crippen LogP contribution in [-0.4, -0.2) is 5.78 Å². The number of hydrogen-bond acceptors (Lipinski definition) is 3. The molecule has 0 aliphatic carbocycles. The molecule has 0 bridgehead atoms. The molecule has 0 saturated heterocycles. The Morgan fingerprint density at radius 2 is 1.79 bits per heavy atom. The lowest BCUT2D eigenvalue weighted by Crippen LogP contribution is -2.00. The number of halogens is 2. The number of allylic oxidation sites excluding steroid dienone is 1. The maximum Gasteiger partial charge on any atom is 0.232 e. The molecule has 0 unspecified atom stereocenters. The zero-order valence-electron chi connectivity index (χ0n) is 15.0. The van der Waals surface area contributed by atoms with Gasteiger partial charge in [0.05, 0.1) is 5.56 Å². The van der Waals surface area contributed by atoms with E-state index in [0.717, 1.165) is 21.2 Å². The second-order valence-corrected chi connectivity index (χ2v) is 7.44. The zero-order chi connectivity index (χ0) is 19.7. The third-order valence-corrected chi connectivity index (χ3v) is 4.96. The fourth-order valence-electron chi connectivity index (χ4n) is 3.02. The van der Waals surface area contributed by atoms with Gasteiger partial charge in [0.25, 0.3) is 0 Å². The van der Waals surface area contributed by atoms with E-state index in [1.165, 1.54) is 12.1 Å². The molecule has 0 amide bonds. The van der Waals surface area contributed by atoms with Gasteiger partial charge in [0.1, 0.15) is 23.9 Å². The number of aryl methyl sites for hydroxylation is 1. The number of carbonyl (C=O) groups is 1. The largest absolute Gasteiger partial charge is 0.489 e. The highest BCUT2D eigenvalue weighted by atomic mass is 79.9. The van der Waals surface area contributed by atoms with Gasteiger partial charge in [-0.25, -0.2) is 4.39 Å². The second kappa shape index (κ2) is 7.60. The van der Waals surface area contributed by atoms with Crippen LogP contribution < -0.4 is 9.47 Å². The summed E-state index contributed by atoms with van der Waals surface area (Å²) in [6.45, 7) is 2.15. The molecule has 5 heteroatoms. The molecule has 0 fully saturated rings. The lowest BCUT2D eigenvalue weighted by molar-refractivity contribution is 0.101. The molecule has 0 saturated carbocycles. The summed E-state index contributed by atoms with van der Waals surface area (Å²) in [7, 11) is 0. The van der Waals surface area contributed by atoms with Crippen LogP contribution in [0.1, 0.15) is 27.0 Å². The summed E-state index contributed by atoms with van der Waals surface area (Å²) in [6.07, 6.45) is 1.73. The first-order valence-electron chi connectivity index (χ1n) is 8.71. The van der Waals surface area contributed by atoms with Crippen LogP contribution in [0.4, 0.5) is 4.39 Å². The van der Waals surface area contributed by atoms with Crippen LogP contribution in [0.5, 0.6) is 11.5 Å². The predicted molar refractivity (Wildman–Crippen MR) is 109 cm³/mol. The van der Waals surface area contributed by atoms with Gasteiger partial charge in [-0.1, -0.05) is 40.2 Å². The zero-order valence-corrected chi connectivity index (χ0v) is 16.6. The molecule has 0 aromatic heterocycles. The quantitative estimate of drug-likeness (QED) is 0.462. The highest BCUT2D eigenvalue weighted by Crippen LogP contribution is 2.37. The summed E-state index contributed by atoms with van der Waals surface area (Å²) in [5, 5.41) is 0. The third kappa shape index (κ3) is 3.85. The third-order valence-electron chi connectivity index (χ3n) is 4.43. The van der Waals surface area contributed by atoms with Crippen LogP contribution in [0.15, 0.2) is 70.9 Å². The molecule has 0 N–H and O–H groups in total. The number of ketones is 1. The Bertz CT molecular complexity index is 1070. The smallest absolute Gasteiger partial charge is 0.232 e. The standard InChI is InChI=1S/C23H16BrFO3/c1-14-10-19(27-13-16-4-8-18(25)9-5-16)12-20-22(14)23(26)21(28-20)11-15-2-6-17(24)7-3-15/h2-12H,13H2,1H3/b21-11-. The number of hydrogen-bond donors (Lipinski definition) is 0. The van der Waals surface area contributed by atoms with E-state index in [4.69, 9.17) is 9.47 Å². The maximum absolute atomic E-state index is 13.0. The van der Waals surface area contributed by atoms with E-state index < -0.39 is 0 Å². The molecule has 4 rings (SSSR count). The molecule has 140 valence electrons. The Morgan fingerprint density at radius 3 is 2.50 bits per heavy atom. The highest BCUT2D eigenvalue weighted by molar-refractivity contribution is 9.10. The van der Waals surface area contributed by atoms with Crippen molar-refractivity contribution in [3.05, 3.63) is 99.0 Å². The van der Waals surface area contributed by atoms with Crippen LogP contribution in [0.25, 0.3) is 6.08 Å². The fourth-order valence-corrected chi connectivity index (χ4v) is 3.28. The molecule has 1 aliphatic heterocycles. The fraction of sp³-hybridized carbons (Fsp3) is 0.0870. The van der Waals surface area contributed by atoms with Crippen molar-refractivity contribution in [3.8, 4) is 11.5 Å². The van der Waals surface area contributed by atoms with Crippen molar-refractivity contribution < 1.29 is 18.7 Å². The van der Waals surface area contributed by atoms with Crippen LogP contribution in [0.3, 0.4) is 0 Å². The van der Waals surface area contributed by atoms with Crippen molar-refractivity contribution in [1.29, 1.82) is 0 Å². The van der Waals surface area contributed by atoms with Crippen molar-refractivity contribution in [2.24, 2.45) is 0 Å². The van der Waals surface area contributed by atoms with Gasteiger partial charge in [-0.2, -0.15) is 0 Å². The van der Waals surface area contributed by atoms with Gasteiger partial charge in [-0.3, -0.25) is 4.79 Å². The van der Waals surface area contributed by atoms with Crippen LogP contribution in [0.2, 0.25) is 0 Å². The molecule has 3 aromatic rings. The molecule has 1 aliphatic rings. The molecule has 1 heterocycles. The SMILES string of the molecule is Cc1cc(OCc2ccc(F)cc2)cc2c1C(=O)/C(=C/c1ccc(Br)cc1)O2. The lowest BCUT2D eigenvalue weighted by atomic mass is 10.0.